The van der Waals surface area contributed by atoms with Crippen LogP contribution in [0.5, 0.6) is 0 Å². The largest absolute Gasteiger partial charge is 0.357 e. The van der Waals surface area contributed by atoms with E-state index in [2.05, 4.69) is 27.8 Å². The first-order valence-electron chi connectivity index (χ1n) is 7.20. The summed E-state index contributed by atoms with van der Waals surface area (Å²) in [6, 6.07) is 6.49. The second-order valence-corrected chi connectivity index (χ2v) is 7.63. The lowest BCUT2D eigenvalue weighted by Gasteiger charge is -2.06. The highest BCUT2D eigenvalue weighted by Crippen LogP contribution is 2.30. The molecule has 2 aromatic rings. The van der Waals surface area contributed by atoms with E-state index < -0.39 is 0 Å². The third-order valence-electron chi connectivity index (χ3n) is 3.43. The van der Waals surface area contributed by atoms with Crippen LogP contribution in [0.15, 0.2) is 22.5 Å². The van der Waals surface area contributed by atoms with Crippen molar-refractivity contribution in [3.8, 4) is 0 Å². The van der Waals surface area contributed by atoms with Crippen molar-refractivity contribution in [2.24, 2.45) is 0 Å². The predicted molar refractivity (Wildman–Crippen MR) is 91.8 cm³/mol. The van der Waals surface area contributed by atoms with E-state index in [-0.39, 0.29) is 5.91 Å². The number of aryl methyl sites for hydroxylation is 2. The Morgan fingerprint density at radius 1 is 1.32 bits per heavy atom. The van der Waals surface area contributed by atoms with E-state index in [1.54, 1.807) is 0 Å². The molecule has 1 aliphatic carbocycles. The first-order valence-corrected chi connectivity index (χ1v) is 9.00. The Kier molecular flexibility index (Phi) is 4.63. The number of nitrogens with zero attached hydrogens (tertiary/aromatic N) is 2. The maximum atomic E-state index is 12.0. The Hall–Kier alpha value is -1.60. The van der Waals surface area contributed by atoms with Crippen LogP contribution in [0.2, 0.25) is 0 Å². The van der Waals surface area contributed by atoms with Gasteiger partial charge in [0.1, 0.15) is 0 Å². The zero-order valence-electron chi connectivity index (χ0n) is 12.5. The van der Waals surface area contributed by atoms with Gasteiger partial charge in [0.2, 0.25) is 11.0 Å². The molecule has 1 aromatic heterocycles. The summed E-state index contributed by atoms with van der Waals surface area (Å²) in [6.45, 7) is 4.09. The van der Waals surface area contributed by atoms with Crippen LogP contribution in [-0.4, -0.2) is 27.9 Å². The SMILES string of the molecule is Cc1ccc(NC(=O)CSc2nnc(NC3CC3)s2)cc1C. The van der Waals surface area contributed by atoms with Crippen molar-refractivity contribution in [2.75, 3.05) is 16.4 Å². The number of nitrogens with one attached hydrogen (secondary N) is 2. The molecule has 0 bridgehead atoms. The average molecular weight is 334 g/mol. The van der Waals surface area contributed by atoms with Gasteiger partial charge in [-0.25, -0.2) is 0 Å². The molecule has 2 N–H and O–H groups in total. The molecule has 1 aliphatic rings. The van der Waals surface area contributed by atoms with Crippen molar-refractivity contribution >= 4 is 39.8 Å². The van der Waals surface area contributed by atoms with Gasteiger partial charge >= 0.3 is 0 Å². The van der Waals surface area contributed by atoms with Gasteiger partial charge in [0.15, 0.2) is 4.34 Å². The van der Waals surface area contributed by atoms with Gasteiger partial charge < -0.3 is 10.6 Å². The van der Waals surface area contributed by atoms with Crippen LogP contribution in [0.4, 0.5) is 10.8 Å². The molecule has 7 heteroatoms. The Labute approximate surface area is 137 Å². The lowest BCUT2D eigenvalue weighted by molar-refractivity contribution is -0.113. The van der Waals surface area contributed by atoms with Gasteiger partial charge in [-0.3, -0.25) is 4.79 Å². The molecule has 116 valence electrons. The Balaban J connectivity index is 1.48. The molecular formula is C15H18N4OS2. The van der Waals surface area contributed by atoms with Crippen LogP contribution >= 0.6 is 23.1 Å². The number of rotatable bonds is 6. The van der Waals surface area contributed by atoms with E-state index in [0.717, 1.165) is 15.2 Å². The number of aromatic nitrogens is 2. The van der Waals surface area contributed by atoms with Crippen LogP contribution in [0.3, 0.4) is 0 Å². The Morgan fingerprint density at radius 2 is 2.14 bits per heavy atom. The number of amides is 1. The van der Waals surface area contributed by atoms with Crippen LogP contribution in [0.1, 0.15) is 24.0 Å². The van der Waals surface area contributed by atoms with Crippen LogP contribution in [0, 0.1) is 13.8 Å². The summed E-state index contributed by atoms with van der Waals surface area (Å²) >= 11 is 2.92. The van der Waals surface area contributed by atoms with E-state index in [9.17, 15) is 4.79 Å². The smallest absolute Gasteiger partial charge is 0.234 e. The minimum Gasteiger partial charge on any atom is -0.357 e. The quantitative estimate of drug-likeness (QED) is 0.792. The van der Waals surface area contributed by atoms with Gasteiger partial charge in [-0.15, -0.1) is 10.2 Å². The van der Waals surface area contributed by atoms with Crippen molar-refractivity contribution in [3.05, 3.63) is 29.3 Å². The summed E-state index contributed by atoms with van der Waals surface area (Å²) in [7, 11) is 0. The summed E-state index contributed by atoms with van der Waals surface area (Å²) in [6.07, 6.45) is 2.42. The standard InChI is InChI=1S/C15H18N4OS2/c1-9-3-4-12(7-10(9)2)16-13(20)8-21-15-19-18-14(22-15)17-11-5-6-11/h3-4,7,11H,5-6,8H2,1-2H3,(H,16,20)(H,17,18). The number of carbonyl (C=O) groups is 1. The summed E-state index contributed by atoms with van der Waals surface area (Å²) in [5.74, 6) is 0.311. The van der Waals surface area contributed by atoms with Crippen molar-refractivity contribution in [1.82, 2.24) is 10.2 Å². The van der Waals surface area contributed by atoms with Crippen molar-refractivity contribution in [1.29, 1.82) is 0 Å². The van der Waals surface area contributed by atoms with Crippen molar-refractivity contribution in [3.63, 3.8) is 0 Å². The highest BCUT2D eigenvalue weighted by Gasteiger charge is 2.22. The summed E-state index contributed by atoms with van der Waals surface area (Å²) in [5, 5.41) is 15.2. The number of benzene rings is 1. The van der Waals surface area contributed by atoms with Gasteiger partial charge in [0, 0.05) is 11.7 Å². The second-order valence-electron chi connectivity index (χ2n) is 5.43. The zero-order chi connectivity index (χ0) is 15.5. The minimum atomic E-state index is -0.0276. The highest BCUT2D eigenvalue weighted by atomic mass is 32.2. The molecule has 1 heterocycles. The Morgan fingerprint density at radius 3 is 2.86 bits per heavy atom. The lowest BCUT2D eigenvalue weighted by Crippen LogP contribution is -2.14. The molecule has 0 unspecified atom stereocenters. The average Bonchev–Trinajstić information content (AvgIpc) is 3.18. The van der Waals surface area contributed by atoms with Gasteiger partial charge in [-0.05, 0) is 49.9 Å². The molecular weight excluding hydrogens is 316 g/mol. The maximum absolute atomic E-state index is 12.0. The molecule has 0 spiro atoms. The topological polar surface area (TPSA) is 66.9 Å². The van der Waals surface area contributed by atoms with Gasteiger partial charge in [-0.2, -0.15) is 0 Å². The molecule has 0 atom stereocenters. The second kappa shape index (κ2) is 6.66. The molecule has 1 fully saturated rings. The normalized spacial score (nSPS) is 13.9. The first-order chi connectivity index (χ1) is 10.6. The van der Waals surface area contributed by atoms with E-state index in [1.165, 1.54) is 47.1 Å². The van der Waals surface area contributed by atoms with Crippen LogP contribution in [0.25, 0.3) is 0 Å². The maximum Gasteiger partial charge on any atom is 0.234 e. The monoisotopic (exact) mass is 334 g/mol. The number of carbonyl (C=O) groups excluding carboxylic acids is 1. The number of anilines is 2. The first kappa shape index (κ1) is 15.3. The minimum absolute atomic E-state index is 0.0276. The van der Waals surface area contributed by atoms with Crippen LogP contribution < -0.4 is 10.6 Å². The van der Waals surface area contributed by atoms with E-state index in [0.29, 0.717) is 11.8 Å². The molecule has 3 rings (SSSR count). The predicted octanol–water partition coefficient (Wildman–Crippen LogP) is 3.46. The summed E-state index contributed by atoms with van der Waals surface area (Å²) < 4.78 is 0.818. The van der Waals surface area contributed by atoms with E-state index in [4.69, 9.17) is 0 Å². The number of thioether (sulfide) groups is 1. The highest BCUT2D eigenvalue weighted by molar-refractivity contribution is 8.01. The Bertz CT molecular complexity index is 682. The molecule has 0 aliphatic heterocycles. The summed E-state index contributed by atoms with van der Waals surface area (Å²) in [4.78, 5) is 12.0. The molecule has 0 radical (unpaired) electrons. The molecule has 1 amide bonds. The molecule has 1 saturated carbocycles. The molecule has 22 heavy (non-hydrogen) atoms. The zero-order valence-corrected chi connectivity index (χ0v) is 14.2. The summed E-state index contributed by atoms with van der Waals surface area (Å²) in [5.41, 5.74) is 3.23. The molecule has 0 saturated heterocycles. The van der Waals surface area contributed by atoms with Gasteiger partial charge in [-0.1, -0.05) is 29.2 Å². The third kappa shape index (κ3) is 4.20. The fourth-order valence-electron chi connectivity index (χ4n) is 1.87. The van der Waals surface area contributed by atoms with Crippen molar-refractivity contribution in [2.45, 2.75) is 37.1 Å². The third-order valence-corrected chi connectivity index (χ3v) is 5.42. The number of hydrogen-bond acceptors (Lipinski definition) is 6. The van der Waals surface area contributed by atoms with Crippen LogP contribution in [-0.2, 0) is 4.79 Å². The fraction of sp³-hybridized carbons (Fsp3) is 0.400. The van der Waals surface area contributed by atoms with E-state index in [1.807, 2.05) is 25.1 Å². The van der Waals surface area contributed by atoms with E-state index >= 15 is 0 Å². The van der Waals surface area contributed by atoms with Gasteiger partial charge in [0.05, 0.1) is 5.75 Å². The number of hydrogen-bond donors (Lipinski definition) is 2. The fourth-order valence-corrected chi connectivity index (χ4v) is 3.50. The van der Waals surface area contributed by atoms with Gasteiger partial charge in [0.25, 0.3) is 0 Å². The molecule has 5 nitrogen and oxygen atoms in total. The van der Waals surface area contributed by atoms with Crippen molar-refractivity contribution < 1.29 is 4.79 Å². The molecule has 1 aromatic carbocycles. The lowest BCUT2D eigenvalue weighted by atomic mass is 10.1.